The summed E-state index contributed by atoms with van der Waals surface area (Å²) in [5.74, 6) is -0.490. The van der Waals surface area contributed by atoms with Gasteiger partial charge in [-0.15, -0.1) is 6.58 Å². The van der Waals surface area contributed by atoms with Gasteiger partial charge < -0.3 is 9.47 Å². The smallest absolute Gasteiger partial charge is 0.254 e. The Kier molecular flexibility index (Phi) is 5.76. The van der Waals surface area contributed by atoms with Crippen LogP contribution in [0.5, 0.6) is 0 Å². The largest absolute Gasteiger partial charge is 0.329 e. The van der Waals surface area contributed by atoms with E-state index < -0.39 is 5.82 Å². The monoisotopic (exact) mass is 367 g/mol. The molecule has 3 aromatic rings. The molecule has 4 nitrogen and oxygen atoms in total. The minimum Gasteiger partial charge on any atom is -0.329 e. The van der Waals surface area contributed by atoms with Crippen molar-refractivity contribution in [3.8, 4) is 0 Å². The topological polar surface area (TPSA) is 38.1 Å². The quantitative estimate of drug-likeness (QED) is 0.591. The first-order valence-corrected chi connectivity index (χ1v) is 8.47. The molecular formula is C21H19F2N3O. The van der Waals surface area contributed by atoms with Crippen LogP contribution in [0, 0.1) is 11.6 Å². The molecule has 0 aliphatic heterocycles. The minimum atomic E-state index is -0.472. The summed E-state index contributed by atoms with van der Waals surface area (Å²) in [5.41, 5.74) is 0.785. The highest BCUT2D eigenvalue weighted by Crippen LogP contribution is 2.14. The van der Waals surface area contributed by atoms with Crippen LogP contribution in [0.1, 0.15) is 21.7 Å². The lowest BCUT2D eigenvalue weighted by atomic mass is 10.2. The predicted octanol–water partition coefficient (Wildman–Crippen LogP) is 4.04. The van der Waals surface area contributed by atoms with Crippen LogP contribution < -0.4 is 0 Å². The molecule has 0 bridgehead atoms. The Balaban J connectivity index is 1.82. The van der Waals surface area contributed by atoms with E-state index in [9.17, 15) is 13.6 Å². The number of carbonyl (C=O) groups excluding carboxylic acids is 1. The molecule has 0 N–H and O–H groups in total. The summed E-state index contributed by atoms with van der Waals surface area (Å²) in [4.78, 5) is 18.6. The van der Waals surface area contributed by atoms with Gasteiger partial charge in [-0.1, -0.05) is 30.3 Å². The summed E-state index contributed by atoms with van der Waals surface area (Å²) in [5, 5.41) is 0. The minimum absolute atomic E-state index is 0.197. The van der Waals surface area contributed by atoms with Crippen LogP contribution in [0.3, 0.4) is 0 Å². The Labute approximate surface area is 156 Å². The molecule has 27 heavy (non-hydrogen) atoms. The van der Waals surface area contributed by atoms with E-state index in [4.69, 9.17) is 0 Å². The summed E-state index contributed by atoms with van der Waals surface area (Å²) < 4.78 is 29.2. The number of imidazole rings is 1. The molecule has 0 saturated carbocycles. The average molecular weight is 367 g/mol. The van der Waals surface area contributed by atoms with Gasteiger partial charge in [0, 0.05) is 30.1 Å². The van der Waals surface area contributed by atoms with E-state index in [2.05, 4.69) is 11.6 Å². The van der Waals surface area contributed by atoms with Gasteiger partial charge in [0.25, 0.3) is 5.91 Å². The summed E-state index contributed by atoms with van der Waals surface area (Å²) >= 11 is 0. The van der Waals surface area contributed by atoms with Crippen LogP contribution >= 0.6 is 0 Å². The number of amides is 1. The molecule has 1 heterocycles. The Bertz CT molecular complexity index is 952. The van der Waals surface area contributed by atoms with Crippen molar-refractivity contribution in [2.45, 2.75) is 13.1 Å². The summed E-state index contributed by atoms with van der Waals surface area (Å²) in [6.45, 7) is 4.46. The van der Waals surface area contributed by atoms with Crippen LogP contribution in [0.2, 0.25) is 0 Å². The van der Waals surface area contributed by atoms with Gasteiger partial charge in [0.2, 0.25) is 0 Å². The maximum Gasteiger partial charge on any atom is 0.254 e. The zero-order valence-electron chi connectivity index (χ0n) is 14.7. The van der Waals surface area contributed by atoms with E-state index in [1.54, 1.807) is 47.3 Å². The van der Waals surface area contributed by atoms with Crippen molar-refractivity contribution in [3.05, 3.63) is 102 Å². The molecule has 2 aromatic carbocycles. The molecule has 0 aliphatic carbocycles. The Morgan fingerprint density at radius 2 is 2.00 bits per heavy atom. The zero-order valence-corrected chi connectivity index (χ0v) is 14.7. The predicted molar refractivity (Wildman–Crippen MR) is 99.1 cm³/mol. The standard InChI is InChI=1S/C21H19F2N3O/c1-2-11-26(21(27)16-7-5-8-18(22)13-16)15-20-24-10-12-25(20)14-17-6-3-4-9-19(17)23/h2-10,12-13H,1,11,14-15H2. The Morgan fingerprint density at radius 1 is 1.19 bits per heavy atom. The van der Waals surface area contributed by atoms with Gasteiger partial charge in [0.05, 0.1) is 13.1 Å². The maximum absolute atomic E-state index is 13.9. The molecule has 3 rings (SSSR count). The van der Waals surface area contributed by atoms with Gasteiger partial charge >= 0.3 is 0 Å². The number of nitrogens with zero attached hydrogens (tertiary/aromatic N) is 3. The van der Waals surface area contributed by atoms with Gasteiger partial charge in [0.15, 0.2) is 0 Å². The fourth-order valence-electron chi connectivity index (χ4n) is 2.80. The van der Waals surface area contributed by atoms with E-state index in [0.29, 0.717) is 17.9 Å². The molecule has 0 spiro atoms. The first-order chi connectivity index (χ1) is 13.1. The first kappa shape index (κ1) is 18.5. The van der Waals surface area contributed by atoms with Gasteiger partial charge in [-0.3, -0.25) is 4.79 Å². The van der Waals surface area contributed by atoms with Crippen LogP contribution in [-0.2, 0) is 13.1 Å². The summed E-state index contributed by atoms with van der Waals surface area (Å²) in [7, 11) is 0. The lowest BCUT2D eigenvalue weighted by molar-refractivity contribution is 0.0756. The third-order valence-corrected chi connectivity index (χ3v) is 4.14. The maximum atomic E-state index is 13.9. The second-order valence-electron chi connectivity index (χ2n) is 6.05. The second kappa shape index (κ2) is 8.40. The van der Waals surface area contributed by atoms with Crippen molar-refractivity contribution < 1.29 is 13.6 Å². The fourth-order valence-corrected chi connectivity index (χ4v) is 2.80. The number of hydrogen-bond donors (Lipinski definition) is 0. The highest BCUT2D eigenvalue weighted by atomic mass is 19.1. The first-order valence-electron chi connectivity index (χ1n) is 8.47. The number of rotatable bonds is 7. The molecule has 6 heteroatoms. The Hall–Kier alpha value is -3.28. The molecular weight excluding hydrogens is 348 g/mol. The van der Waals surface area contributed by atoms with Crippen LogP contribution in [0.25, 0.3) is 0 Å². The lowest BCUT2D eigenvalue weighted by Crippen LogP contribution is -2.32. The molecule has 0 unspecified atom stereocenters. The van der Waals surface area contributed by atoms with Crippen molar-refractivity contribution in [1.29, 1.82) is 0 Å². The second-order valence-corrected chi connectivity index (χ2v) is 6.05. The van der Waals surface area contributed by atoms with E-state index in [1.807, 2.05) is 0 Å². The fraction of sp³-hybridized carbons (Fsp3) is 0.143. The van der Waals surface area contributed by atoms with Crippen molar-refractivity contribution in [2.24, 2.45) is 0 Å². The molecule has 1 aromatic heterocycles. The van der Waals surface area contributed by atoms with Crippen molar-refractivity contribution in [2.75, 3.05) is 6.54 Å². The number of halogens is 2. The molecule has 0 saturated heterocycles. The van der Waals surface area contributed by atoms with Crippen LogP contribution in [0.15, 0.2) is 73.6 Å². The van der Waals surface area contributed by atoms with Crippen molar-refractivity contribution in [1.82, 2.24) is 14.5 Å². The lowest BCUT2D eigenvalue weighted by Gasteiger charge is -2.21. The van der Waals surface area contributed by atoms with E-state index >= 15 is 0 Å². The van der Waals surface area contributed by atoms with Gasteiger partial charge in [0.1, 0.15) is 17.5 Å². The Morgan fingerprint density at radius 3 is 2.74 bits per heavy atom. The number of hydrogen-bond acceptors (Lipinski definition) is 2. The molecule has 138 valence electrons. The van der Waals surface area contributed by atoms with E-state index in [0.717, 1.165) is 0 Å². The summed E-state index contributed by atoms with van der Waals surface area (Å²) in [6, 6.07) is 12.1. The van der Waals surface area contributed by atoms with Gasteiger partial charge in [-0.2, -0.15) is 0 Å². The highest BCUT2D eigenvalue weighted by molar-refractivity contribution is 5.94. The van der Waals surface area contributed by atoms with E-state index in [1.165, 1.54) is 29.2 Å². The molecule has 0 fully saturated rings. The average Bonchev–Trinajstić information content (AvgIpc) is 3.09. The molecule has 0 aliphatic rings. The number of carbonyl (C=O) groups is 1. The zero-order chi connectivity index (χ0) is 19.2. The van der Waals surface area contributed by atoms with Gasteiger partial charge in [-0.25, -0.2) is 13.8 Å². The summed E-state index contributed by atoms with van der Waals surface area (Å²) in [6.07, 6.45) is 4.94. The number of aromatic nitrogens is 2. The normalized spacial score (nSPS) is 10.6. The highest BCUT2D eigenvalue weighted by Gasteiger charge is 2.18. The van der Waals surface area contributed by atoms with E-state index in [-0.39, 0.29) is 30.4 Å². The third-order valence-electron chi connectivity index (χ3n) is 4.14. The SMILES string of the molecule is C=CCN(Cc1nccn1Cc1ccccc1F)C(=O)c1cccc(F)c1. The van der Waals surface area contributed by atoms with Gasteiger partial charge in [-0.05, 0) is 24.3 Å². The van der Waals surface area contributed by atoms with Crippen LogP contribution in [-0.4, -0.2) is 26.9 Å². The molecule has 1 amide bonds. The molecule has 0 atom stereocenters. The van der Waals surface area contributed by atoms with Crippen molar-refractivity contribution in [3.63, 3.8) is 0 Å². The molecule has 0 radical (unpaired) electrons. The number of benzene rings is 2. The third kappa shape index (κ3) is 4.47. The van der Waals surface area contributed by atoms with Crippen LogP contribution in [0.4, 0.5) is 8.78 Å². The van der Waals surface area contributed by atoms with Crippen molar-refractivity contribution >= 4 is 5.91 Å².